The fourth-order valence-electron chi connectivity index (χ4n) is 1.23. The summed E-state index contributed by atoms with van der Waals surface area (Å²) in [6.45, 7) is -2.67. The fourth-order valence-corrected chi connectivity index (χ4v) is 2.52. The molecule has 2 rings (SSSR count). The van der Waals surface area contributed by atoms with Crippen molar-refractivity contribution in [3.05, 3.63) is 32.9 Å². The molecule has 0 atom stereocenters. The second-order valence-electron chi connectivity index (χ2n) is 3.10. The molecule has 4 nitrogen and oxygen atoms in total. The monoisotopic (exact) mass is 290 g/mol. The normalized spacial score (nSPS) is 10.6. The van der Waals surface area contributed by atoms with Crippen LogP contribution in [0.25, 0.3) is 0 Å². The van der Waals surface area contributed by atoms with Crippen molar-refractivity contribution in [2.45, 2.75) is 13.2 Å². The van der Waals surface area contributed by atoms with Gasteiger partial charge in [0.05, 0.1) is 6.54 Å². The Morgan fingerprint density at radius 1 is 1.44 bits per heavy atom. The summed E-state index contributed by atoms with van der Waals surface area (Å²) in [4.78, 5) is 15.9. The van der Waals surface area contributed by atoms with E-state index in [9.17, 15) is 13.6 Å². The number of carbonyl (C=O) groups is 1. The maximum Gasteiger partial charge on any atom is 0.387 e. The van der Waals surface area contributed by atoms with Crippen molar-refractivity contribution in [1.29, 1.82) is 0 Å². The number of ether oxygens (including phenoxy) is 1. The van der Waals surface area contributed by atoms with E-state index in [-0.39, 0.29) is 17.2 Å². The molecule has 1 N–H and O–H groups in total. The summed E-state index contributed by atoms with van der Waals surface area (Å²) >= 11 is 2.45. The van der Waals surface area contributed by atoms with Crippen molar-refractivity contribution < 1.29 is 18.3 Å². The minimum Gasteiger partial charge on any atom is -0.433 e. The Morgan fingerprint density at radius 3 is 2.94 bits per heavy atom. The van der Waals surface area contributed by atoms with E-state index < -0.39 is 12.5 Å². The number of nitrogens with one attached hydrogen (secondary N) is 1. The first-order valence-electron chi connectivity index (χ1n) is 4.85. The molecular formula is C10H8F2N2O2S2. The van der Waals surface area contributed by atoms with E-state index in [1.165, 1.54) is 22.8 Å². The molecule has 2 heterocycles. The van der Waals surface area contributed by atoms with Crippen LogP contribution in [0.5, 0.6) is 5.75 Å². The number of hydrogen-bond donors (Lipinski definition) is 1. The lowest BCUT2D eigenvalue weighted by atomic mass is 10.4. The number of nitrogens with zero attached hydrogens (tertiary/aromatic N) is 1. The highest BCUT2D eigenvalue weighted by atomic mass is 32.1. The average molecular weight is 290 g/mol. The van der Waals surface area contributed by atoms with Gasteiger partial charge in [-0.15, -0.1) is 22.7 Å². The molecule has 18 heavy (non-hydrogen) atoms. The van der Waals surface area contributed by atoms with Gasteiger partial charge in [0.2, 0.25) is 0 Å². The predicted molar refractivity (Wildman–Crippen MR) is 64.2 cm³/mol. The Hall–Kier alpha value is -1.54. The van der Waals surface area contributed by atoms with E-state index in [1.54, 1.807) is 11.6 Å². The molecule has 0 saturated heterocycles. The van der Waals surface area contributed by atoms with Crippen LogP contribution in [-0.4, -0.2) is 17.5 Å². The third kappa shape index (κ3) is 3.23. The topological polar surface area (TPSA) is 51.2 Å². The van der Waals surface area contributed by atoms with Crippen LogP contribution in [0, 0.1) is 0 Å². The van der Waals surface area contributed by atoms with Crippen molar-refractivity contribution >= 4 is 28.6 Å². The quantitative estimate of drug-likeness (QED) is 0.921. The molecule has 96 valence electrons. The van der Waals surface area contributed by atoms with Gasteiger partial charge in [0.25, 0.3) is 5.91 Å². The summed E-state index contributed by atoms with van der Waals surface area (Å²) < 4.78 is 28.4. The molecule has 8 heteroatoms. The van der Waals surface area contributed by atoms with E-state index in [0.717, 1.165) is 16.3 Å². The van der Waals surface area contributed by atoms with Crippen LogP contribution in [0.4, 0.5) is 8.78 Å². The highest BCUT2D eigenvalue weighted by Crippen LogP contribution is 2.26. The first-order chi connectivity index (χ1) is 8.66. The number of halogens is 2. The molecule has 0 aliphatic carbocycles. The molecule has 0 unspecified atom stereocenters. The molecule has 2 aromatic rings. The van der Waals surface area contributed by atoms with E-state index in [1.807, 2.05) is 0 Å². The van der Waals surface area contributed by atoms with Gasteiger partial charge in [-0.1, -0.05) is 0 Å². The lowest BCUT2D eigenvalue weighted by Crippen LogP contribution is -2.22. The van der Waals surface area contributed by atoms with Crippen LogP contribution < -0.4 is 10.1 Å². The molecular weight excluding hydrogens is 282 g/mol. The number of alkyl halides is 2. The second-order valence-corrected chi connectivity index (χ2v) is 5.00. The lowest BCUT2D eigenvalue weighted by Gasteiger charge is -2.05. The predicted octanol–water partition coefficient (Wildman–Crippen LogP) is 2.74. The van der Waals surface area contributed by atoms with Gasteiger partial charge in [0.1, 0.15) is 15.6 Å². The molecule has 0 saturated carbocycles. The van der Waals surface area contributed by atoms with Crippen molar-refractivity contribution in [1.82, 2.24) is 10.3 Å². The molecule has 0 bridgehead atoms. The molecule has 2 aromatic heterocycles. The van der Waals surface area contributed by atoms with Crippen molar-refractivity contribution in [3.8, 4) is 5.75 Å². The Balaban J connectivity index is 1.98. The summed E-state index contributed by atoms with van der Waals surface area (Å²) in [7, 11) is 0. The van der Waals surface area contributed by atoms with E-state index in [4.69, 9.17) is 0 Å². The number of carbonyl (C=O) groups excluding carboxylic acids is 1. The highest BCUT2D eigenvalue weighted by Gasteiger charge is 2.17. The lowest BCUT2D eigenvalue weighted by molar-refractivity contribution is -0.0498. The number of hydrogen-bond acceptors (Lipinski definition) is 5. The average Bonchev–Trinajstić information content (AvgIpc) is 2.95. The van der Waals surface area contributed by atoms with Crippen LogP contribution in [0.2, 0.25) is 0 Å². The molecule has 0 aromatic carbocycles. The molecule has 0 spiro atoms. The molecule has 0 aliphatic heterocycles. The summed E-state index contributed by atoms with van der Waals surface area (Å²) in [5, 5.41) is 6.66. The van der Waals surface area contributed by atoms with Crippen molar-refractivity contribution in [2.24, 2.45) is 0 Å². The number of thiophene rings is 1. The highest BCUT2D eigenvalue weighted by molar-refractivity contribution is 7.12. The number of amides is 1. The summed E-state index contributed by atoms with van der Waals surface area (Å²) in [5.74, 6) is -0.553. The van der Waals surface area contributed by atoms with Crippen LogP contribution in [0.1, 0.15) is 14.7 Å². The van der Waals surface area contributed by atoms with Gasteiger partial charge in [-0.25, -0.2) is 4.98 Å². The molecule has 1 amide bonds. The summed E-state index contributed by atoms with van der Waals surface area (Å²) in [5.41, 5.74) is 0. The second kappa shape index (κ2) is 5.87. The van der Waals surface area contributed by atoms with Gasteiger partial charge in [-0.05, 0) is 11.4 Å². The summed E-state index contributed by atoms with van der Waals surface area (Å²) in [6, 6.07) is 1.34. The number of thiazole rings is 1. The Kier molecular flexibility index (Phi) is 4.21. The molecule has 0 fully saturated rings. The summed E-state index contributed by atoms with van der Waals surface area (Å²) in [6.07, 6.45) is 1.63. The van der Waals surface area contributed by atoms with E-state index in [2.05, 4.69) is 15.0 Å². The minimum atomic E-state index is -2.94. The molecule has 0 aliphatic rings. The largest absolute Gasteiger partial charge is 0.433 e. The van der Waals surface area contributed by atoms with Gasteiger partial charge < -0.3 is 10.1 Å². The number of aromatic nitrogens is 1. The zero-order chi connectivity index (χ0) is 13.0. The number of rotatable bonds is 5. The van der Waals surface area contributed by atoms with E-state index in [0.29, 0.717) is 0 Å². The Bertz CT molecular complexity index is 514. The fraction of sp³-hybridized carbons (Fsp3) is 0.200. The van der Waals surface area contributed by atoms with Crippen molar-refractivity contribution in [2.75, 3.05) is 0 Å². The van der Waals surface area contributed by atoms with Crippen LogP contribution >= 0.6 is 22.7 Å². The molecule has 0 radical (unpaired) electrons. The zero-order valence-corrected chi connectivity index (χ0v) is 10.6. The van der Waals surface area contributed by atoms with Gasteiger partial charge >= 0.3 is 6.61 Å². The van der Waals surface area contributed by atoms with Crippen LogP contribution in [0.3, 0.4) is 0 Å². The minimum absolute atomic E-state index is 0.105. The van der Waals surface area contributed by atoms with Gasteiger partial charge in [-0.3, -0.25) is 4.79 Å². The van der Waals surface area contributed by atoms with Gasteiger partial charge in [0.15, 0.2) is 0 Å². The smallest absolute Gasteiger partial charge is 0.387 e. The first-order valence-corrected chi connectivity index (χ1v) is 6.61. The third-order valence-corrected chi connectivity index (χ3v) is 3.61. The zero-order valence-electron chi connectivity index (χ0n) is 8.93. The standard InChI is InChI=1S/C10H8F2N2O2S2/c11-10(12)16-6-1-3-18-8(6)9(15)14-5-7-13-2-4-17-7/h1-4,10H,5H2,(H,14,15). The Morgan fingerprint density at radius 2 is 2.28 bits per heavy atom. The first kappa shape index (κ1) is 12.9. The van der Waals surface area contributed by atoms with Gasteiger partial charge in [0, 0.05) is 11.6 Å². The van der Waals surface area contributed by atoms with Crippen molar-refractivity contribution in [3.63, 3.8) is 0 Å². The van der Waals surface area contributed by atoms with Crippen LogP contribution in [0.15, 0.2) is 23.0 Å². The third-order valence-electron chi connectivity index (χ3n) is 1.94. The Labute approximate surface area is 109 Å². The maximum atomic E-state index is 12.1. The van der Waals surface area contributed by atoms with Crippen LogP contribution in [-0.2, 0) is 6.54 Å². The maximum absolute atomic E-state index is 12.1. The van der Waals surface area contributed by atoms with E-state index >= 15 is 0 Å². The van der Waals surface area contributed by atoms with Gasteiger partial charge in [-0.2, -0.15) is 8.78 Å². The SMILES string of the molecule is O=C(NCc1nccs1)c1sccc1OC(F)F.